The normalized spacial score (nSPS) is 21.0. The number of nitrogens with one attached hydrogen (secondary N) is 1. The summed E-state index contributed by atoms with van der Waals surface area (Å²) >= 11 is 6.66. The molecule has 0 aromatic heterocycles. The van der Waals surface area contributed by atoms with Gasteiger partial charge in [0.1, 0.15) is 4.32 Å². The van der Waals surface area contributed by atoms with E-state index in [-0.39, 0.29) is 18.6 Å². The smallest absolute Gasteiger partial charge is 0.266 e. The lowest BCUT2D eigenvalue weighted by Crippen LogP contribution is -2.52. The van der Waals surface area contributed by atoms with E-state index < -0.39 is 0 Å². The van der Waals surface area contributed by atoms with E-state index in [1.165, 1.54) is 11.8 Å². The number of thiocarbonyl (C=S) groups is 1. The first kappa shape index (κ1) is 21.1. The number of carbonyl (C=O) groups is 2. The van der Waals surface area contributed by atoms with Gasteiger partial charge in [0.2, 0.25) is 12.7 Å². The van der Waals surface area contributed by atoms with Crippen LogP contribution in [0.2, 0.25) is 0 Å². The maximum absolute atomic E-state index is 12.8. The first-order chi connectivity index (χ1) is 14.5. The van der Waals surface area contributed by atoms with E-state index >= 15 is 0 Å². The molecule has 0 saturated carbocycles. The lowest BCUT2D eigenvalue weighted by atomic mass is 10.2. The van der Waals surface area contributed by atoms with Crippen molar-refractivity contribution in [1.29, 1.82) is 0 Å². The Labute approximate surface area is 185 Å². The Hall–Kier alpha value is -2.14. The molecule has 1 N–H and O–H groups in total. The van der Waals surface area contributed by atoms with Gasteiger partial charge in [0.15, 0.2) is 11.5 Å². The van der Waals surface area contributed by atoms with Gasteiger partial charge in [0.05, 0.1) is 4.91 Å². The first-order valence-corrected chi connectivity index (χ1v) is 11.1. The highest BCUT2D eigenvalue weighted by atomic mass is 32.2. The molecule has 160 valence electrons. The molecule has 3 aliphatic heterocycles. The van der Waals surface area contributed by atoms with Gasteiger partial charge in [0.25, 0.3) is 5.91 Å². The molecule has 3 aliphatic rings. The number of rotatable bonds is 6. The number of benzene rings is 1. The molecule has 0 radical (unpaired) electrons. The zero-order valence-corrected chi connectivity index (χ0v) is 18.4. The standard InChI is InChI=1S/C20H24N4O4S2/c1-22-7-9-23(10-8-22)21-18(25)3-2-6-24-19(26)17(30-20(24)29)12-14-4-5-15-16(11-14)28-13-27-15/h4-5,11-12H,2-3,6-10,13H2,1H3,(H,21,25)/b17-12-. The number of thioether (sulfide) groups is 1. The van der Waals surface area contributed by atoms with Gasteiger partial charge in [0, 0.05) is 39.1 Å². The topological polar surface area (TPSA) is 74.4 Å². The van der Waals surface area contributed by atoms with Crippen molar-refractivity contribution in [2.75, 3.05) is 46.6 Å². The van der Waals surface area contributed by atoms with Gasteiger partial charge in [-0.25, -0.2) is 5.01 Å². The number of nitrogens with zero attached hydrogens (tertiary/aromatic N) is 3. The van der Waals surface area contributed by atoms with Crippen LogP contribution in [0.25, 0.3) is 6.08 Å². The molecule has 30 heavy (non-hydrogen) atoms. The van der Waals surface area contributed by atoms with Crippen LogP contribution in [0.5, 0.6) is 11.5 Å². The predicted octanol–water partition coefficient (Wildman–Crippen LogP) is 1.68. The number of amides is 2. The van der Waals surface area contributed by atoms with E-state index in [0.717, 1.165) is 31.7 Å². The predicted molar refractivity (Wildman–Crippen MR) is 119 cm³/mol. The van der Waals surface area contributed by atoms with E-state index in [1.807, 2.05) is 23.2 Å². The second-order valence-corrected chi connectivity index (χ2v) is 9.05. The molecule has 0 aliphatic carbocycles. The summed E-state index contributed by atoms with van der Waals surface area (Å²) in [4.78, 5) is 29.3. The summed E-state index contributed by atoms with van der Waals surface area (Å²) in [6, 6.07) is 5.55. The Morgan fingerprint density at radius 3 is 2.80 bits per heavy atom. The summed E-state index contributed by atoms with van der Waals surface area (Å²) in [5.74, 6) is 1.23. The highest BCUT2D eigenvalue weighted by Crippen LogP contribution is 2.36. The Morgan fingerprint density at radius 1 is 1.23 bits per heavy atom. The molecule has 0 spiro atoms. The SMILES string of the molecule is CN1CCN(NC(=O)CCCN2C(=O)/C(=C/c3ccc4c(c3)OCO4)SC2=S)CC1. The highest BCUT2D eigenvalue weighted by molar-refractivity contribution is 8.26. The fraction of sp³-hybridized carbons (Fsp3) is 0.450. The fourth-order valence-corrected chi connectivity index (χ4v) is 4.70. The molecule has 0 bridgehead atoms. The Kier molecular flexibility index (Phi) is 6.57. The first-order valence-electron chi connectivity index (χ1n) is 9.87. The van der Waals surface area contributed by atoms with Crippen LogP contribution in [-0.2, 0) is 9.59 Å². The molecule has 8 nitrogen and oxygen atoms in total. The molecule has 3 heterocycles. The second-order valence-electron chi connectivity index (χ2n) is 7.37. The summed E-state index contributed by atoms with van der Waals surface area (Å²) in [7, 11) is 2.07. The molecule has 2 amide bonds. The second kappa shape index (κ2) is 9.34. The van der Waals surface area contributed by atoms with E-state index in [0.29, 0.717) is 40.1 Å². The molecule has 2 fully saturated rings. The summed E-state index contributed by atoms with van der Waals surface area (Å²) < 4.78 is 11.2. The van der Waals surface area contributed by atoms with Crippen LogP contribution in [0.1, 0.15) is 18.4 Å². The van der Waals surface area contributed by atoms with Crippen molar-refractivity contribution in [1.82, 2.24) is 20.2 Å². The zero-order valence-electron chi connectivity index (χ0n) is 16.8. The van der Waals surface area contributed by atoms with E-state index in [4.69, 9.17) is 21.7 Å². The summed E-state index contributed by atoms with van der Waals surface area (Å²) in [5.41, 5.74) is 3.79. The minimum Gasteiger partial charge on any atom is -0.454 e. The minimum absolute atomic E-state index is 0.0269. The van der Waals surface area contributed by atoms with Crippen molar-refractivity contribution in [3.63, 3.8) is 0 Å². The van der Waals surface area contributed by atoms with Crippen molar-refractivity contribution in [2.45, 2.75) is 12.8 Å². The van der Waals surface area contributed by atoms with Crippen LogP contribution in [0.3, 0.4) is 0 Å². The van der Waals surface area contributed by atoms with E-state index in [1.54, 1.807) is 11.0 Å². The van der Waals surface area contributed by atoms with Crippen molar-refractivity contribution in [3.05, 3.63) is 28.7 Å². The Morgan fingerprint density at radius 2 is 2.00 bits per heavy atom. The average Bonchev–Trinajstić information content (AvgIpc) is 3.29. The molecule has 1 aromatic rings. The van der Waals surface area contributed by atoms with Gasteiger partial charge in [-0.15, -0.1) is 0 Å². The number of hydrazine groups is 1. The largest absolute Gasteiger partial charge is 0.454 e. The number of likely N-dealkylation sites (N-methyl/N-ethyl adjacent to an activating group) is 1. The van der Waals surface area contributed by atoms with Crippen molar-refractivity contribution in [3.8, 4) is 11.5 Å². The average molecular weight is 449 g/mol. The number of piperazine rings is 1. The van der Waals surface area contributed by atoms with Gasteiger partial charge in [-0.2, -0.15) is 0 Å². The minimum atomic E-state index is -0.123. The van der Waals surface area contributed by atoms with E-state index in [2.05, 4.69) is 17.4 Å². The highest BCUT2D eigenvalue weighted by Gasteiger charge is 2.31. The van der Waals surface area contributed by atoms with E-state index in [9.17, 15) is 9.59 Å². The van der Waals surface area contributed by atoms with Gasteiger partial charge in [-0.05, 0) is 37.2 Å². The quantitative estimate of drug-likeness (QED) is 0.521. The summed E-state index contributed by atoms with van der Waals surface area (Å²) in [6.45, 7) is 4.16. The van der Waals surface area contributed by atoms with Gasteiger partial charge in [-0.3, -0.25) is 19.9 Å². The summed E-state index contributed by atoms with van der Waals surface area (Å²) in [5, 5.41) is 1.95. The molecule has 4 rings (SSSR count). The molecular weight excluding hydrogens is 424 g/mol. The van der Waals surface area contributed by atoms with Crippen molar-refractivity contribution >= 4 is 46.2 Å². The number of ether oxygens (including phenoxy) is 2. The summed E-state index contributed by atoms with van der Waals surface area (Å²) in [6.07, 6.45) is 2.72. The number of hydrogen-bond acceptors (Lipinski definition) is 8. The molecule has 0 atom stereocenters. The van der Waals surface area contributed by atoms with Crippen LogP contribution in [-0.4, -0.2) is 77.5 Å². The van der Waals surface area contributed by atoms with Crippen LogP contribution in [0.4, 0.5) is 0 Å². The third-order valence-electron chi connectivity index (χ3n) is 5.14. The number of hydrogen-bond donors (Lipinski definition) is 1. The van der Waals surface area contributed by atoms with Gasteiger partial charge < -0.3 is 14.4 Å². The number of fused-ring (bicyclic) bond motifs is 1. The Bertz CT molecular complexity index is 884. The van der Waals surface area contributed by atoms with Crippen LogP contribution < -0.4 is 14.9 Å². The van der Waals surface area contributed by atoms with Gasteiger partial charge >= 0.3 is 0 Å². The lowest BCUT2D eigenvalue weighted by molar-refractivity contribution is -0.127. The maximum atomic E-state index is 12.8. The van der Waals surface area contributed by atoms with Gasteiger partial charge in [-0.1, -0.05) is 30.0 Å². The molecule has 1 aromatic carbocycles. The fourth-order valence-electron chi connectivity index (χ4n) is 3.40. The molecule has 2 saturated heterocycles. The van der Waals surface area contributed by atoms with Crippen LogP contribution in [0, 0.1) is 0 Å². The molecular formula is C20H24N4O4S2. The van der Waals surface area contributed by atoms with Crippen molar-refractivity contribution in [2.24, 2.45) is 0 Å². The zero-order chi connectivity index (χ0) is 21.1. The molecule has 10 heteroatoms. The number of carbonyl (C=O) groups excluding carboxylic acids is 2. The molecule has 0 unspecified atom stereocenters. The monoisotopic (exact) mass is 448 g/mol. The van der Waals surface area contributed by atoms with Crippen LogP contribution >= 0.6 is 24.0 Å². The third kappa shape index (κ3) is 4.94. The van der Waals surface area contributed by atoms with Crippen molar-refractivity contribution < 1.29 is 19.1 Å². The Balaban J connectivity index is 1.27. The maximum Gasteiger partial charge on any atom is 0.266 e. The lowest BCUT2D eigenvalue weighted by Gasteiger charge is -2.32. The third-order valence-corrected chi connectivity index (χ3v) is 6.52. The van der Waals surface area contributed by atoms with Crippen LogP contribution in [0.15, 0.2) is 23.1 Å².